The molecule has 0 bridgehead atoms. The molecule has 0 aromatic heterocycles. The van der Waals surface area contributed by atoms with Crippen LogP contribution in [0.25, 0.3) is 0 Å². The summed E-state index contributed by atoms with van der Waals surface area (Å²) >= 11 is 6.39. The van der Waals surface area contributed by atoms with Crippen LogP contribution in [0.4, 0.5) is 4.39 Å². The lowest BCUT2D eigenvalue weighted by Crippen LogP contribution is -2.56. The number of halogens is 3. The van der Waals surface area contributed by atoms with Gasteiger partial charge in [0.1, 0.15) is 11.9 Å². The Hall–Kier alpha value is -1.79. The van der Waals surface area contributed by atoms with E-state index in [2.05, 4.69) is 61.7 Å². The Bertz CT molecular complexity index is 1050. The van der Waals surface area contributed by atoms with Crippen LogP contribution >= 0.6 is 31.9 Å². The van der Waals surface area contributed by atoms with Gasteiger partial charge in [0.05, 0.1) is 16.0 Å². The molecule has 0 aliphatic carbocycles. The monoisotopic (exact) mass is 653 g/mol. The van der Waals surface area contributed by atoms with Crippen molar-refractivity contribution in [1.29, 1.82) is 0 Å². The minimum absolute atomic E-state index is 0.0348. The van der Waals surface area contributed by atoms with Gasteiger partial charge in [-0.05, 0) is 71.9 Å². The van der Waals surface area contributed by atoms with E-state index in [1.807, 2.05) is 30.3 Å². The highest BCUT2D eigenvalue weighted by Gasteiger charge is 2.35. The molecule has 2 atom stereocenters. The lowest BCUT2D eigenvalue weighted by atomic mass is 9.73. The van der Waals surface area contributed by atoms with Crippen LogP contribution in [0.3, 0.4) is 0 Å². The van der Waals surface area contributed by atoms with Crippen LogP contribution in [0.5, 0.6) is 0 Å². The number of amides is 2. The molecular weight excluding hydrogens is 620 g/mol. The molecule has 0 spiro atoms. The SMILES string of the molecule is CC(C)C[C@H](NC(=O)[C@H](Cc1ccccc1)NC(=O)c1cc(Br)cc(F)c1Br)B1OCCCNCCCO1. The molecule has 0 radical (unpaired) electrons. The molecule has 206 valence electrons. The van der Waals surface area contributed by atoms with Crippen LogP contribution < -0.4 is 16.0 Å². The van der Waals surface area contributed by atoms with Gasteiger partial charge in [-0.15, -0.1) is 0 Å². The third kappa shape index (κ3) is 9.75. The number of benzene rings is 2. The maximum Gasteiger partial charge on any atom is 0.480 e. The highest BCUT2D eigenvalue weighted by molar-refractivity contribution is 9.11. The van der Waals surface area contributed by atoms with Gasteiger partial charge < -0.3 is 25.3 Å². The van der Waals surface area contributed by atoms with Crippen molar-refractivity contribution in [2.75, 3.05) is 26.3 Å². The van der Waals surface area contributed by atoms with Crippen molar-refractivity contribution in [1.82, 2.24) is 16.0 Å². The molecule has 1 saturated heterocycles. The minimum atomic E-state index is -0.905. The fraction of sp³-hybridized carbons (Fsp3) is 0.481. The molecule has 1 heterocycles. The highest BCUT2D eigenvalue weighted by atomic mass is 79.9. The first-order valence-electron chi connectivity index (χ1n) is 13.0. The second kappa shape index (κ2) is 15.7. The average molecular weight is 655 g/mol. The first kappa shape index (κ1) is 30.8. The molecule has 2 aromatic carbocycles. The zero-order chi connectivity index (χ0) is 27.5. The summed E-state index contributed by atoms with van der Waals surface area (Å²) in [5, 5.41) is 9.27. The van der Waals surface area contributed by atoms with Gasteiger partial charge in [0.15, 0.2) is 0 Å². The van der Waals surface area contributed by atoms with Crippen LogP contribution in [0, 0.1) is 11.7 Å². The van der Waals surface area contributed by atoms with Gasteiger partial charge in [0.2, 0.25) is 5.91 Å². The Morgan fingerprint density at radius 3 is 2.34 bits per heavy atom. The van der Waals surface area contributed by atoms with E-state index in [-0.39, 0.29) is 28.3 Å². The lowest BCUT2D eigenvalue weighted by Gasteiger charge is -2.29. The predicted octanol–water partition coefficient (Wildman–Crippen LogP) is 4.67. The van der Waals surface area contributed by atoms with Gasteiger partial charge in [-0.3, -0.25) is 9.59 Å². The van der Waals surface area contributed by atoms with E-state index in [0.717, 1.165) is 31.5 Å². The summed E-state index contributed by atoms with van der Waals surface area (Å²) in [5.74, 6) is -1.63. The average Bonchev–Trinajstić information content (AvgIpc) is 2.88. The third-order valence-corrected chi connectivity index (χ3v) is 7.35. The number of nitrogens with one attached hydrogen (secondary N) is 3. The van der Waals surface area contributed by atoms with Crippen LogP contribution in [0.2, 0.25) is 0 Å². The van der Waals surface area contributed by atoms with E-state index in [1.54, 1.807) is 0 Å². The smallest absolute Gasteiger partial charge is 0.410 e. The molecule has 2 amide bonds. The molecule has 0 unspecified atom stereocenters. The minimum Gasteiger partial charge on any atom is -0.410 e. The standard InChI is InChI=1S/C27H35BBr2FN3O4/c1-18(2)14-24(28-37-12-6-10-32-11-7-13-38-28)34-27(36)23(15-19-8-4-3-5-9-19)33-26(35)21-16-20(29)17-22(31)25(21)30/h3-5,8-9,16-18,23-24,32H,6-7,10-15H2,1-2H3,(H,33,35)(H,34,36)/t23-,24-/m0/s1. The van der Waals surface area contributed by atoms with Gasteiger partial charge in [0.25, 0.3) is 5.91 Å². The topological polar surface area (TPSA) is 88.7 Å². The van der Waals surface area contributed by atoms with E-state index < -0.39 is 30.8 Å². The van der Waals surface area contributed by atoms with Crippen molar-refractivity contribution in [2.24, 2.45) is 5.92 Å². The van der Waals surface area contributed by atoms with Crippen molar-refractivity contribution in [3.8, 4) is 0 Å². The number of carbonyl (C=O) groups is 2. The maximum atomic E-state index is 14.3. The van der Waals surface area contributed by atoms with E-state index in [1.165, 1.54) is 12.1 Å². The lowest BCUT2D eigenvalue weighted by molar-refractivity contribution is -0.123. The number of rotatable bonds is 9. The summed E-state index contributed by atoms with van der Waals surface area (Å²) in [6, 6.07) is 11.3. The second-order valence-electron chi connectivity index (χ2n) is 9.78. The Balaban J connectivity index is 1.82. The molecule has 11 heteroatoms. The number of hydrogen-bond donors (Lipinski definition) is 3. The summed E-state index contributed by atoms with van der Waals surface area (Å²) in [6.07, 6.45) is 2.59. The quantitative estimate of drug-likeness (QED) is 0.270. The van der Waals surface area contributed by atoms with E-state index in [9.17, 15) is 14.0 Å². The molecule has 2 aromatic rings. The molecule has 1 aliphatic heterocycles. The Morgan fingerprint density at radius 2 is 1.71 bits per heavy atom. The summed E-state index contributed by atoms with van der Waals surface area (Å²) in [5.41, 5.74) is 0.973. The predicted molar refractivity (Wildman–Crippen MR) is 154 cm³/mol. The molecule has 1 fully saturated rings. The van der Waals surface area contributed by atoms with Crippen LogP contribution in [0.1, 0.15) is 49.0 Å². The Labute approximate surface area is 241 Å². The van der Waals surface area contributed by atoms with E-state index in [4.69, 9.17) is 9.31 Å². The summed E-state index contributed by atoms with van der Waals surface area (Å²) in [4.78, 5) is 26.9. The Morgan fingerprint density at radius 1 is 1.05 bits per heavy atom. The maximum absolute atomic E-state index is 14.3. The Kier molecular flexibility index (Phi) is 12.7. The van der Waals surface area contributed by atoms with Crippen LogP contribution in [0.15, 0.2) is 51.4 Å². The van der Waals surface area contributed by atoms with Gasteiger partial charge in [-0.25, -0.2) is 4.39 Å². The molecule has 3 N–H and O–H groups in total. The van der Waals surface area contributed by atoms with Crippen molar-refractivity contribution in [2.45, 2.75) is 51.5 Å². The second-order valence-corrected chi connectivity index (χ2v) is 11.5. The van der Waals surface area contributed by atoms with Crippen LogP contribution in [-0.4, -0.2) is 57.2 Å². The third-order valence-electron chi connectivity index (χ3n) is 6.08. The van der Waals surface area contributed by atoms with Crippen molar-refractivity contribution in [3.63, 3.8) is 0 Å². The molecule has 3 rings (SSSR count). The first-order valence-corrected chi connectivity index (χ1v) is 14.6. The molecule has 38 heavy (non-hydrogen) atoms. The van der Waals surface area contributed by atoms with E-state index >= 15 is 0 Å². The molecule has 7 nitrogen and oxygen atoms in total. The zero-order valence-electron chi connectivity index (χ0n) is 21.8. The van der Waals surface area contributed by atoms with Gasteiger partial charge in [-0.2, -0.15) is 0 Å². The van der Waals surface area contributed by atoms with Gasteiger partial charge in [0, 0.05) is 24.1 Å². The zero-order valence-corrected chi connectivity index (χ0v) is 24.9. The first-order chi connectivity index (χ1) is 18.2. The van der Waals surface area contributed by atoms with Gasteiger partial charge in [-0.1, -0.05) is 60.1 Å². The number of hydrogen-bond acceptors (Lipinski definition) is 5. The fourth-order valence-electron chi connectivity index (χ4n) is 4.24. The van der Waals surface area contributed by atoms with Crippen molar-refractivity contribution >= 4 is 50.8 Å². The summed E-state index contributed by atoms with van der Waals surface area (Å²) in [6.45, 7) is 6.90. The van der Waals surface area contributed by atoms with Crippen molar-refractivity contribution in [3.05, 3.63) is 68.4 Å². The normalized spacial score (nSPS) is 16.5. The summed E-state index contributed by atoms with van der Waals surface area (Å²) < 4.78 is 26.9. The van der Waals surface area contributed by atoms with Gasteiger partial charge >= 0.3 is 7.12 Å². The molecule has 0 saturated carbocycles. The fourth-order valence-corrected chi connectivity index (χ4v) is 5.08. The molecule has 1 aliphatic rings. The summed E-state index contributed by atoms with van der Waals surface area (Å²) in [7, 11) is -0.596. The van der Waals surface area contributed by atoms with E-state index in [0.29, 0.717) is 24.1 Å². The largest absolute Gasteiger partial charge is 0.480 e. The number of carbonyl (C=O) groups excluding carboxylic acids is 2. The van der Waals surface area contributed by atoms with Crippen molar-refractivity contribution < 1.29 is 23.3 Å². The van der Waals surface area contributed by atoms with Crippen LogP contribution in [-0.2, 0) is 20.5 Å². The highest BCUT2D eigenvalue weighted by Crippen LogP contribution is 2.25. The molecular formula is C27H35BBr2FN3O4.